The Balaban J connectivity index is 2.63. The first-order valence-corrected chi connectivity index (χ1v) is 4.80. The lowest BCUT2D eigenvalue weighted by Crippen LogP contribution is -2.19. The van der Waals surface area contributed by atoms with Crippen LogP contribution >= 0.6 is 0 Å². The standard InChI is InChI=1S/C8H8F3N3O5/c9-8(10,11)4-19-2-1-13-3-5(14(17)18)6(12-13)7(15)16/h3H,1-2,4H2,(H,15,16). The molecule has 1 N–H and O–H groups in total. The highest BCUT2D eigenvalue weighted by molar-refractivity contribution is 5.89. The number of carbonyl (C=O) groups is 1. The summed E-state index contributed by atoms with van der Waals surface area (Å²) in [5, 5.41) is 22.5. The normalized spacial score (nSPS) is 11.5. The molecule has 106 valence electrons. The van der Waals surface area contributed by atoms with E-state index in [0.717, 1.165) is 10.9 Å². The van der Waals surface area contributed by atoms with Crippen molar-refractivity contribution in [2.45, 2.75) is 12.7 Å². The molecule has 0 spiro atoms. The Morgan fingerprint density at radius 1 is 1.58 bits per heavy atom. The van der Waals surface area contributed by atoms with Crippen LogP contribution in [0.5, 0.6) is 0 Å². The lowest BCUT2D eigenvalue weighted by molar-refractivity contribution is -0.385. The number of aromatic nitrogens is 2. The first kappa shape index (κ1) is 14.9. The third-order valence-electron chi connectivity index (χ3n) is 1.87. The minimum absolute atomic E-state index is 0.232. The van der Waals surface area contributed by atoms with Crippen molar-refractivity contribution in [3.05, 3.63) is 22.0 Å². The van der Waals surface area contributed by atoms with Gasteiger partial charge in [-0.1, -0.05) is 0 Å². The number of carboxylic acids is 1. The second-order valence-electron chi connectivity index (χ2n) is 3.36. The van der Waals surface area contributed by atoms with Crippen molar-refractivity contribution in [2.24, 2.45) is 0 Å². The minimum Gasteiger partial charge on any atom is -0.476 e. The van der Waals surface area contributed by atoms with E-state index in [0.29, 0.717) is 0 Å². The SMILES string of the molecule is O=C(O)c1nn(CCOCC(F)(F)F)cc1[N+](=O)[O-]. The number of rotatable bonds is 6. The number of carboxylic acid groups (broad SMARTS) is 1. The first-order chi connectivity index (χ1) is 8.70. The molecule has 0 aliphatic carbocycles. The van der Waals surface area contributed by atoms with Crippen molar-refractivity contribution < 1.29 is 32.7 Å². The van der Waals surface area contributed by atoms with Crippen LogP contribution < -0.4 is 0 Å². The van der Waals surface area contributed by atoms with Gasteiger partial charge in [0, 0.05) is 0 Å². The van der Waals surface area contributed by atoms with Gasteiger partial charge in [-0.2, -0.15) is 18.3 Å². The molecule has 1 aromatic heterocycles. The molecule has 0 saturated carbocycles. The topological polar surface area (TPSA) is 107 Å². The highest BCUT2D eigenvalue weighted by Gasteiger charge is 2.28. The first-order valence-electron chi connectivity index (χ1n) is 4.80. The lowest BCUT2D eigenvalue weighted by Gasteiger charge is -2.06. The number of alkyl halides is 3. The molecule has 0 bridgehead atoms. The fourth-order valence-electron chi connectivity index (χ4n) is 1.16. The monoisotopic (exact) mass is 283 g/mol. The Morgan fingerprint density at radius 3 is 2.63 bits per heavy atom. The molecule has 1 heterocycles. The van der Waals surface area contributed by atoms with E-state index < -0.39 is 41.7 Å². The van der Waals surface area contributed by atoms with Crippen LogP contribution in [-0.2, 0) is 11.3 Å². The summed E-state index contributed by atoms with van der Waals surface area (Å²) >= 11 is 0. The summed E-state index contributed by atoms with van der Waals surface area (Å²) in [5.74, 6) is -1.60. The van der Waals surface area contributed by atoms with Gasteiger partial charge in [0.2, 0.25) is 5.69 Å². The van der Waals surface area contributed by atoms with E-state index in [1.807, 2.05) is 0 Å². The third-order valence-corrected chi connectivity index (χ3v) is 1.87. The van der Waals surface area contributed by atoms with E-state index in [2.05, 4.69) is 9.84 Å². The summed E-state index contributed by atoms with van der Waals surface area (Å²) in [7, 11) is 0. The zero-order valence-electron chi connectivity index (χ0n) is 9.25. The van der Waals surface area contributed by atoms with Crippen LogP contribution in [-0.4, -0.2) is 45.2 Å². The Morgan fingerprint density at radius 2 is 2.21 bits per heavy atom. The summed E-state index contributed by atoms with van der Waals surface area (Å²) in [6, 6.07) is 0. The molecule has 0 amide bonds. The number of nitro groups is 1. The van der Waals surface area contributed by atoms with Gasteiger partial charge in [0.1, 0.15) is 12.8 Å². The highest BCUT2D eigenvalue weighted by Crippen LogP contribution is 2.17. The van der Waals surface area contributed by atoms with Crippen molar-refractivity contribution in [1.29, 1.82) is 0 Å². The zero-order valence-corrected chi connectivity index (χ0v) is 9.25. The smallest absolute Gasteiger partial charge is 0.411 e. The van der Waals surface area contributed by atoms with Gasteiger partial charge >= 0.3 is 17.8 Å². The summed E-state index contributed by atoms with van der Waals surface area (Å²) in [6.07, 6.45) is -3.65. The summed E-state index contributed by atoms with van der Waals surface area (Å²) in [5.41, 5.74) is -1.51. The highest BCUT2D eigenvalue weighted by atomic mass is 19.4. The number of hydrogen-bond acceptors (Lipinski definition) is 5. The van der Waals surface area contributed by atoms with Gasteiger partial charge < -0.3 is 9.84 Å². The van der Waals surface area contributed by atoms with Crippen LogP contribution in [0.15, 0.2) is 6.20 Å². The number of ether oxygens (including phenoxy) is 1. The largest absolute Gasteiger partial charge is 0.476 e. The van der Waals surface area contributed by atoms with E-state index in [4.69, 9.17) is 5.11 Å². The van der Waals surface area contributed by atoms with Gasteiger partial charge in [0.15, 0.2) is 0 Å². The molecule has 1 rings (SSSR count). The Hall–Kier alpha value is -2.17. The fourth-order valence-corrected chi connectivity index (χ4v) is 1.16. The molecule has 1 aromatic rings. The second-order valence-corrected chi connectivity index (χ2v) is 3.36. The van der Waals surface area contributed by atoms with Crippen molar-refractivity contribution in [2.75, 3.05) is 13.2 Å². The Labute approximate surface area is 103 Å². The van der Waals surface area contributed by atoms with Gasteiger partial charge in [-0.15, -0.1) is 0 Å². The lowest BCUT2D eigenvalue weighted by atomic mass is 10.4. The number of aromatic carboxylic acids is 1. The molecule has 11 heteroatoms. The summed E-state index contributed by atoms with van der Waals surface area (Å²) in [4.78, 5) is 20.2. The number of halogens is 3. The Bertz CT molecular complexity index is 453. The van der Waals surface area contributed by atoms with Crippen molar-refractivity contribution >= 4 is 11.7 Å². The summed E-state index contributed by atoms with van der Waals surface area (Å²) in [6.45, 7) is -2.09. The molecule has 0 saturated heterocycles. The maximum absolute atomic E-state index is 11.7. The third kappa shape index (κ3) is 4.54. The van der Waals surface area contributed by atoms with Crippen molar-refractivity contribution in [3.8, 4) is 0 Å². The van der Waals surface area contributed by atoms with Gasteiger partial charge in [-0.3, -0.25) is 14.8 Å². The molecule has 0 fully saturated rings. The van der Waals surface area contributed by atoms with Crippen LogP contribution in [0.4, 0.5) is 18.9 Å². The summed E-state index contributed by atoms with van der Waals surface area (Å²) < 4.78 is 40.4. The van der Waals surface area contributed by atoms with E-state index in [9.17, 15) is 28.1 Å². The number of hydrogen-bond donors (Lipinski definition) is 1. The Kier molecular flexibility index (Phi) is 4.43. The zero-order chi connectivity index (χ0) is 14.6. The van der Waals surface area contributed by atoms with Gasteiger partial charge in [0.25, 0.3) is 0 Å². The quantitative estimate of drug-likeness (QED) is 0.475. The van der Waals surface area contributed by atoms with Gasteiger partial charge in [0.05, 0.1) is 18.1 Å². The fraction of sp³-hybridized carbons (Fsp3) is 0.500. The molecule has 8 nitrogen and oxygen atoms in total. The van der Waals surface area contributed by atoms with Crippen molar-refractivity contribution in [1.82, 2.24) is 9.78 Å². The second kappa shape index (κ2) is 5.65. The average Bonchev–Trinajstić information content (AvgIpc) is 2.67. The number of nitrogens with zero attached hydrogens (tertiary/aromatic N) is 3. The molecule has 19 heavy (non-hydrogen) atoms. The molecular weight excluding hydrogens is 275 g/mol. The molecular formula is C8H8F3N3O5. The van der Waals surface area contributed by atoms with Gasteiger partial charge in [-0.25, -0.2) is 4.79 Å². The maximum Gasteiger partial charge on any atom is 0.411 e. The van der Waals surface area contributed by atoms with Crippen LogP contribution in [0.25, 0.3) is 0 Å². The van der Waals surface area contributed by atoms with E-state index >= 15 is 0 Å². The predicted octanol–water partition coefficient (Wildman–Crippen LogP) is 1.07. The van der Waals surface area contributed by atoms with Crippen LogP contribution in [0.2, 0.25) is 0 Å². The molecule has 0 radical (unpaired) electrons. The average molecular weight is 283 g/mol. The molecule has 0 atom stereocenters. The van der Waals surface area contributed by atoms with Crippen molar-refractivity contribution in [3.63, 3.8) is 0 Å². The van der Waals surface area contributed by atoms with E-state index in [-0.39, 0.29) is 6.54 Å². The van der Waals surface area contributed by atoms with Crippen LogP contribution in [0.3, 0.4) is 0 Å². The predicted molar refractivity (Wildman–Crippen MR) is 52.7 cm³/mol. The molecule has 0 aliphatic heterocycles. The van der Waals surface area contributed by atoms with Crippen LogP contribution in [0, 0.1) is 10.1 Å². The molecule has 0 aromatic carbocycles. The maximum atomic E-state index is 11.7. The minimum atomic E-state index is -4.47. The molecule has 0 unspecified atom stereocenters. The molecule has 0 aliphatic rings. The van der Waals surface area contributed by atoms with E-state index in [1.54, 1.807) is 0 Å². The van der Waals surface area contributed by atoms with E-state index in [1.165, 1.54) is 0 Å². The van der Waals surface area contributed by atoms with Gasteiger partial charge in [-0.05, 0) is 0 Å². The van der Waals surface area contributed by atoms with Crippen LogP contribution in [0.1, 0.15) is 10.5 Å².